The van der Waals surface area contributed by atoms with E-state index in [0.29, 0.717) is 17.1 Å². The van der Waals surface area contributed by atoms with Crippen LogP contribution in [0.1, 0.15) is 33.3 Å². The van der Waals surface area contributed by atoms with E-state index in [0.717, 1.165) is 4.88 Å². The third-order valence-corrected chi connectivity index (χ3v) is 3.96. The lowest BCUT2D eigenvalue weighted by atomic mass is 10.1. The molecule has 2 heterocycles. The number of aliphatic carboxylic acids is 1. The molecule has 21 heavy (non-hydrogen) atoms. The molecule has 0 amide bonds. The molecule has 5 nitrogen and oxygen atoms in total. The molecule has 0 aliphatic carbocycles. The molecule has 0 aromatic carbocycles. The Morgan fingerprint density at radius 2 is 2.14 bits per heavy atom. The van der Waals surface area contributed by atoms with Crippen molar-refractivity contribution in [3.8, 4) is 0 Å². The highest BCUT2D eigenvalue weighted by molar-refractivity contribution is 7.12. The summed E-state index contributed by atoms with van der Waals surface area (Å²) in [4.78, 5) is 31.8. The van der Waals surface area contributed by atoms with Crippen LogP contribution in [0.3, 0.4) is 0 Å². The fraction of sp³-hybridized carbons (Fsp3) is 0.267. The van der Waals surface area contributed by atoms with Crippen LogP contribution in [0.4, 0.5) is 0 Å². The first kappa shape index (κ1) is 15.2. The minimum atomic E-state index is -0.925. The first-order valence-electron chi connectivity index (χ1n) is 6.52. The third-order valence-electron chi connectivity index (χ3n) is 3.00. The summed E-state index contributed by atoms with van der Waals surface area (Å²) in [6.45, 7) is 3.75. The van der Waals surface area contributed by atoms with Crippen molar-refractivity contribution in [3.05, 3.63) is 49.3 Å². The van der Waals surface area contributed by atoms with Crippen LogP contribution in [0.2, 0.25) is 0 Å². The van der Waals surface area contributed by atoms with Crippen LogP contribution >= 0.6 is 11.3 Å². The van der Waals surface area contributed by atoms with Gasteiger partial charge in [-0.25, -0.2) is 4.98 Å². The molecule has 2 rings (SSSR count). The van der Waals surface area contributed by atoms with Crippen molar-refractivity contribution in [2.45, 2.75) is 26.7 Å². The zero-order chi connectivity index (χ0) is 15.4. The monoisotopic (exact) mass is 304 g/mol. The molecule has 0 fully saturated rings. The van der Waals surface area contributed by atoms with Gasteiger partial charge in [0.05, 0.1) is 0 Å². The van der Waals surface area contributed by atoms with E-state index in [1.54, 1.807) is 24.3 Å². The largest absolute Gasteiger partial charge is 0.481 e. The minimum Gasteiger partial charge on any atom is -0.481 e. The number of carboxylic acid groups (broad SMARTS) is 1. The molecule has 0 atom stereocenters. The van der Waals surface area contributed by atoms with E-state index in [2.05, 4.69) is 9.97 Å². The third kappa shape index (κ3) is 4.13. The molecule has 0 aliphatic rings. The molecule has 0 aliphatic heterocycles. The maximum absolute atomic E-state index is 12.0. The van der Waals surface area contributed by atoms with E-state index in [-0.39, 0.29) is 18.4 Å². The van der Waals surface area contributed by atoms with Crippen LogP contribution in [0.15, 0.2) is 16.9 Å². The van der Waals surface area contributed by atoms with Crippen LogP contribution in [0.25, 0.3) is 12.2 Å². The number of rotatable bonds is 5. The SMILES string of the molecule is Cc1ccc(/C=C/c2nc(C)c(CCC(=O)O)c(=O)[nH]2)s1. The first-order valence-corrected chi connectivity index (χ1v) is 7.33. The fourth-order valence-corrected chi connectivity index (χ4v) is 2.72. The summed E-state index contributed by atoms with van der Waals surface area (Å²) in [7, 11) is 0. The molecular formula is C15H16N2O3S. The van der Waals surface area contributed by atoms with Gasteiger partial charge in [-0.05, 0) is 44.6 Å². The Bertz CT molecular complexity index is 744. The number of thiophene rings is 1. The quantitative estimate of drug-likeness (QED) is 0.889. The summed E-state index contributed by atoms with van der Waals surface area (Å²) in [6, 6.07) is 4.03. The summed E-state index contributed by atoms with van der Waals surface area (Å²) in [6.07, 6.45) is 3.76. The van der Waals surface area contributed by atoms with Gasteiger partial charge in [0.15, 0.2) is 0 Å². The molecule has 2 aromatic rings. The molecule has 110 valence electrons. The highest BCUT2D eigenvalue weighted by atomic mass is 32.1. The van der Waals surface area contributed by atoms with Crippen molar-refractivity contribution in [1.29, 1.82) is 0 Å². The summed E-state index contributed by atoms with van der Waals surface area (Å²) in [5.74, 6) is -0.450. The number of nitrogens with one attached hydrogen (secondary N) is 1. The van der Waals surface area contributed by atoms with Crippen molar-refractivity contribution in [1.82, 2.24) is 9.97 Å². The van der Waals surface area contributed by atoms with Gasteiger partial charge >= 0.3 is 5.97 Å². The molecule has 6 heteroatoms. The lowest BCUT2D eigenvalue weighted by molar-refractivity contribution is -0.136. The Labute approximate surface area is 126 Å². The highest BCUT2D eigenvalue weighted by Crippen LogP contribution is 2.17. The van der Waals surface area contributed by atoms with Gasteiger partial charge in [0, 0.05) is 27.4 Å². The average Bonchev–Trinajstić information content (AvgIpc) is 2.81. The zero-order valence-corrected chi connectivity index (χ0v) is 12.7. The predicted molar refractivity (Wildman–Crippen MR) is 83.5 cm³/mol. The number of hydrogen-bond acceptors (Lipinski definition) is 4. The lowest BCUT2D eigenvalue weighted by Crippen LogP contribution is -2.18. The Hall–Kier alpha value is -2.21. The van der Waals surface area contributed by atoms with Crippen LogP contribution in [0, 0.1) is 13.8 Å². The molecule has 0 saturated heterocycles. The van der Waals surface area contributed by atoms with E-state index in [1.165, 1.54) is 4.88 Å². The summed E-state index contributed by atoms with van der Waals surface area (Å²) in [5.41, 5.74) is 0.731. The molecule has 0 saturated carbocycles. The van der Waals surface area contributed by atoms with Crippen molar-refractivity contribution in [2.24, 2.45) is 0 Å². The number of aromatic nitrogens is 2. The van der Waals surface area contributed by atoms with Gasteiger partial charge in [-0.3, -0.25) is 9.59 Å². The number of carbonyl (C=O) groups is 1. The number of aromatic amines is 1. The summed E-state index contributed by atoms with van der Waals surface area (Å²) >= 11 is 1.66. The van der Waals surface area contributed by atoms with Crippen LogP contribution < -0.4 is 5.56 Å². The van der Waals surface area contributed by atoms with E-state index in [9.17, 15) is 9.59 Å². The minimum absolute atomic E-state index is 0.0741. The van der Waals surface area contributed by atoms with Crippen molar-refractivity contribution >= 4 is 29.5 Å². The van der Waals surface area contributed by atoms with Crippen LogP contribution in [0.5, 0.6) is 0 Å². The number of aryl methyl sites for hydroxylation is 2. The fourth-order valence-electron chi connectivity index (χ4n) is 1.94. The number of H-pyrrole nitrogens is 1. The summed E-state index contributed by atoms with van der Waals surface area (Å²) < 4.78 is 0. The number of hydrogen-bond donors (Lipinski definition) is 2. The first-order chi connectivity index (χ1) is 9.95. The van der Waals surface area contributed by atoms with Gasteiger partial charge in [0.1, 0.15) is 5.82 Å². The number of carboxylic acids is 1. The maximum atomic E-state index is 12.0. The van der Waals surface area contributed by atoms with E-state index in [1.807, 2.05) is 25.1 Å². The second kappa shape index (κ2) is 6.49. The van der Waals surface area contributed by atoms with Gasteiger partial charge < -0.3 is 10.1 Å². The Morgan fingerprint density at radius 1 is 1.38 bits per heavy atom. The van der Waals surface area contributed by atoms with Crippen molar-refractivity contribution < 1.29 is 9.90 Å². The van der Waals surface area contributed by atoms with E-state index >= 15 is 0 Å². The van der Waals surface area contributed by atoms with E-state index < -0.39 is 5.97 Å². The predicted octanol–water partition coefficient (Wildman–Crippen LogP) is 2.64. The Morgan fingerprint density at radius 3 is 2.71 bits per heavy atom. The standard InChI is InChI=1S/C15H16N2O3S/c1-9-3-4-11(21-9)5-7-13-16-10(2)12(15(20)17-13)6-8-14(18)19/h3-5,7H,6,8H2,1-2H3,(H,18,19)(H,16,17,20)/b7-5+. The smallest absolute Gasteiger partial charge is 0.303 e. The van der Waals surface area contributed by atoms with E-state index in [4.69, 9.17) is 5.11 Å². The van der Waals surface area contributed by atoms with Gasteiger partial charge in [-0.1, -0.05) is 0 Å². The number of nitrogens with zero attached hydrogens (tertiary/aromatic N) is 1. The molecule has 0 unspecified atom stereocenters. The van der Waals surface area contributed by atoms with Crippen molar-refractivity contribution in [2.75, 3.05) is 0 Å². The lowest BCUT2D eigenvalue weighted by Gasteiger charge is -2.03. The van der Waals surface area contributed by atoms with Crippen LogP contribution in [-0.4, -0.2) is 21.0 Å². The highest BCUT2D eigenvalue weighted by Gasteiger charge is 2.09. The zero-order valence-electron chi connectivity index (χ0n) is 11.8. The van der Waals surface area contributed by atoms with Crippen molar-refractivity contribution in [3.63, 3.8) is 0 Å². The molecule has 2 aromatic heterocycles. The molecule has 0 radical (unpaired) electrons. The Kier molecular flexibility index (Phi) is 4.70. The van der Waals surface area contributed by atoms with Gasteiger partial charge in [-0.2, -0.15) is 0 Å². The molecule has 0 spiro atoms. The second-order valence-corrected chi connectivity index (χ2v) is 6.01. The second-order valence-electron chi connectivity index (χ2n) is 4.69. The average molecular weight is 304 g/mol. The van der Waals surface area contributed by atoms with Gasteiger partial charge in [-0.15, -0.1) is 11.3 Å². The van der Waals surface area contributed by atoms with Crippen LogP contribution in [-0.2, 0) is 11.2 Å². The summed E-state index contributed by atoms with van der Waals surface area (Å²) in [5, 5.41) is 8.68. The molecule has 0 bridgehead atoms. The Balaban J connectivity index is 2.21. The maximum Gasteiger partial charge on any atom is 0.303 e. The molecule has 2 N–H and O–H groups in total. The topological polar surface area (TPSA) is 83.0 Å². The normalized spacial score (nSPS) is 11.1. The van der Waals surface area contributed by atoms with Gasteiger partial charge in [0.2, 0.25) is 0 Å². The van der Waals surface area contributed by atoms with Gasteiger partial charge in [0.25, 0.3) is 5.56 Å². The molecular weight excluding hydrogens is 288 g/mol.